The van der Waals surface area contributed by atoms with Gasteiger partial charge in [0.05, 0.1) is 21.2 Å². The van der Waals surface area contributed by atoms with Gasteiger partial charge in [-0.2, -0.15) is 0 Å². The number of aryl methyl sites for hydroxylation is 1. The van der Waals surface area contributed by atoms with E-state index in [1.807, 2.05) is 32.1 Å². The largest absolute Gasteiger partial charge is 0.389 e. The van der Waals surface area contributed by atoms with Crippen LogP contribution in [0.25, 0.3) is 10.6 Å². The van der Waals surface area contributed by atoms with E-state index in [2.05, 4.69) is 21.3 Å². The van der Waals surface area contributed by atoms with E-state index in [1.165, 1.54) is 15.3 Å². The smallest absolute Gasteiger partial charge is 0.0914 e. The maximum Gasteiger partial charge on any atom is 0.0914 e. The van der Waals surface area contributed by atoms with Crippen molar-refractivity contribution < 1.29 is 5.11 Å². The summed E-state index contributed by atoms with van der Waals surface area (Å²) < 4.78 is 0. The Morgan fingerprint density at radius 1 is 1.45 bits per heavy atom. The molecular formula is C15H20N2OS2. The van der Waals surface area contributed by atoms with E-state index in [4.69, 9.17) is 0 Å². The van der Waals surface area contributed by atoms with Gasteiger partial charge >= 0.3 is 0 Å². The van der Waals surface area contributed by atoms with E-state index in [0.717, 1.165) is 36.8 Å². The SMILES string of the molecule is Cc1nc(-c2cc3c(s2)CCN(CC(C)(C)O)C3)cs1. The van der Waals surface area contributed by atoms with Crippen molar-refractivity contribution >= 4 is 22.7 Å². The summed E-state index contributed by atoms with van der Waals surface area (Å²) >= 11 is 3.58. The first-order chi connectivity index (χ1) is 9.40. The Morgan fingerprint density at radius 3 is 2.90 bits per heavy atom. The van der Waals surface area contributed by atoms with E-state index in [-0.39, 0.29) is 0 Å². The molecule has 108 valence electrons. The van der Waals surface area contributed by atoms with E-state index >= 15 is 0 Å². The first-order valence-corrected chi connectivity index (χ1v) is 8.59. The molecule has 0 spiro atoms. The highest BCUT2D eigenvalue weighted by Gasteiger charge is 2.24. The molecule has 1 aliphatic heterocycles. The molecule has 1 N–H and O–H groups in total. The van der Waals surface area contributed by atoms with Gasteiger partial charge in [-0.15, -0.1) is 22.7 Å². The van der Waals surface area contributed by atoms with Gasteiger partial charge in [-0.25, -0.2) is 4.98 Å². The van der Waals surface area contributed by atoms with Crippen molar-refractivity contribution in [3.8, 4) is 10.6 Å². The minimum absolute atomic E-state index is 0.623. The molecule has 3 heterocycles. The van der Waals surface area contributed by atoms with Crippen LogP contribution in [0.5, 0.6) is 0 Å². The Labute approximate surface area is 127 Å². The van der Waals surface area contributed by atoms with E-state index in [9.17, 15) is 5.11 Å². The molecule has 0 saturated heterocycles. The molecule has 5 heteroatoms. The van der Waals surface area contributed by atoms with Crippen LogP contribution in [0.2, 0.25) is 0 Å². The second-order valence-electron chi connectivity index (χ2n) is 6.08. The van der Waals surface area contributed by atoms with Crippen molar-refractivity contribution in [1.29, 1.82) is 0 Å². The van der Waals surface area contributed by atoms with E-state index < -0.39 is 5.60 Å². The lowest BCUT2D eigenvalue weighted by molar-refractivity contribution is 0.0320. The van der Waals surface area contributed by atoms with Crippen LogP contribution >= 0.6 is 22.7 Å². The first kappa shape index (κ1) is 14.2. The molecule has 1 aliphatic rings. The maximum absolute atomic E-state index is 9.96. The van der Waals surface area contributed by atoms with E-state index in [1.54, 1.807) is 11.3 Å². The number of thiazole rings is 1. The summed E-state index contributed by atoms with van der Waals surface area (Å²) in [6, 6.07) is 2.28. The second kappa shape index (κ2) is 5.22. The minimum atomic E-state index is -0.623. The summed E-state index contributed by atoms with van der Waals surface area (Å²) in [5, 5.41) is 13.2. The molecule has 2 aromatic rings. The summed E-state index contributed by atoms with van der Waals surface area (Å²) in [6.45, 7) is 8.51. The van der Waals surface area contributed by atoms with Crippen molar-refractivity contribution in [1.82, 2.24) is 9.88 Å². The number of nitrogens with zero attached hydrogens (tertiary/aromatic N) is 2. The predicted octanol–water partition coefficient (Wildman–Crippen LogP) is 3.31. The Hall–Kier alpha value is -0.750. The van der Waals surface area contributed by atoms with Crippen molar-refractivity contribution in [3.63, 3.8) is 0 Å². The minimum Gasteiger partial charge on any atom is -0.389 e. The summed E-state index contributed by atoms with van der Waals surface area (Å²) in [5.41, 5.74) is 1.90. The molecule has 3 nitrogen and oxygen atoms in total. The van der Waals surface area contributed by atoms with Crippen molar-refractivity contribution in [2.75, 3.05) is 13.1 Å². The third kappa shape index (κ3) is 3.11. The second-order valence-corrected chi connectivity index (χ2v) is 8.28. The normalized spacial score (nSPS) is 16.4. The van der Waals surface area contributed by atoms with Gasteiger partial charge in [0, 0.05) is 29.9 Å². The fraction of sp³-hybridized carbons (Fsp3) is 0.533. The monoisotopic (exact) mass is 308 g/mol. The lowest BCUT2D eigenvalue weighted by Gasteiger charge is -2.31. The molecule has 0 radical (unpaired) electrons. The topological polar surface area (TPSA) is 36.4 Å². The fourth-order valence-corrected chi connectivity index (χ4v) is 4.49. The highest BCUT2D eigenvalue weighted by Crippen LogP contribution is 2.35. The number of thiophene rings is 1. The molecule has 2 aromatic heterocycles. The van der Waals surface area contributed by atoms with Gasteiger partial charge in [-0.05, 0) is 38.8 Å². The van der Waals surface area contributed by atoms with Crippen LogP contribution in [0.1, 0.15) is 29.3 Å². The molecule has 0 atom stereocenters. The number of fused-ring (bicyclic) bond motifs is 1. The molecule has 0 unspecified atom stereocenters. The molecule has 0 aliphatic carbocycles. The summed E-state index contributed by atoms with van der Waals surface area (Å²) in [4.78, 5) is 9.68. The highest BCUT2D eigenvalue weighted by molar-refractivity contribution is 7.16. The van der Waals surface area contributed by atoms with Crippen LogP contribution in [-0.2, 0) is 13.0 Å². The van der Waals surface area contributed by atoms with Gasteiger partial charge in [0.1, 0.15) is 0 Å². The van der Waals surface area contributed by atoms with Crippen LogP contribution in [0.15, 0.2) is 11.4 Å². The van der Waals surface area contributed by atoms with Crippen LogP contribution < -0.4 is 0 Å². The zero-order chi connectivity index (χ0) is 14.3. The average molecular weight is 308 g/mol. The molecule has 20 heavy (non-hydrogen) atoms. The van der Waals surface area contributed by atoms with Gasteiger partial charge in [0.2, 0.25) is 0 Å². The first-order valence-electron chi connectivity index (χ1n) is 6.89. The quantitative estimate of drug-likeness (QED) is 0.945. The van der Waals surface area contributed by atoms with Gasteiger partial charge < -0.3 is 5.11 Å². The maximum atomic E-state index is 9.96. The average Bonchev–Trinajstić information content (AvgIpc) is 2.92. The summed E-state index contributed by atoms with van der Waals surface area (Å²) in [5.74, 6) is 0. The third-order valence-corrected chi connectivity index (χ3v) is 5.46. The lowest BCUT2D eigenvalue weighted by Crippen LogP contribution is -2.40. The molecule has 3 rings (SSSR count). The number of rotatable bonds is 3. The Balaban J connectivity index is 1.79. The molecule has 0 amide bonds. The molecule has 0 aromatic carbocycles. The lowest BCUT2D eigenvalue weighted by atomic mass is 10.1. The third-order valence-electron chi connectivity index (χ3n) is 3.43. The van der Waals surface area contributed by atoms with Crippen LogP contribution in [0, 0.1) is 6.92 Å². The van der Waals surface area contributed by atoms with Crippen molar-refractivity contribution in [3.05, 3.63) is 26.9 Å². The number of hydrogen-bond acceptors (Lipinski definition) is 5. The number of hydrogen-bond donors (Lipinski definition) is 1. The van der Waals surface area contributed by atoms with Crippen molar-refractivity contribution in [2.45, 2.75) is 39.3 Å². The van der Waals surface area contributed by atoms with E-state index in [0.29, 0.717) is 0 Å². The Morgan fingerprint density at radius 2 is 2.25 bits per heavy atom. The van der Waals surface area contributed by atoms with Crippen molar-refractivity contribution in [2.24, 2.45) is 0 Å². The molecular weight excluding hydrogens is 288 g/mol. The Bertz CT molecular complexity index is 610. The van der Waals surface area contributed by atoms with Gasteiger partial charge in [0.15, 0.2) is 0 Å². The van der Waals surface area contributed by atoms with Gasteiger partial charge in [0.25, 0.3) is 0 Å². The molecule has 0 bridgehead atoms. The highest BCUT2D eigenvalue weighted by atomic mass is 32.1. The summed E-state index contributed by atoms with van der Waals surface area (Å²) in [7, 11) is 0. The van der Waals surface area contributed by atoms with Crippen LogP contribution in [-0.4, -0.2) is 33.7 Å². The molecule has 0 fully saturated rings. The Kier molecular flexibility index (Phi) is 3.71. The standard InChI is InChI=1S/C15H20N2OS2/c1-10-16-12(8-19-10)14-6-11-7-17(9-15(2,3)18)5-4-13(11)20-14/h6,8,18H,4-5,7,9H2,1-3H3. The van der Waals surface area contributed by atoms with Crippen LogP contribution in [0.3, 0.4) is 0 Å². The van der Waals surface area contributed by atoms with Crippen LogP contribution in [0.4, 0.5) is 0 Å². The van der Waals surface area contributed by atoms with Gasteiger partial charge in [-0.1, -0.05) is 0 Å². The number of aromatic nitrogens is 1. The number of β-amino-alcohol motifs (C(OH)–C–C–N with tert-alkyl or cyclic N) is 1. The summed E-state index contributed by atoms with van der Waals surface area (Å²) in [6.07, 6.45) is 1.08. The zero-order valence-corrected chi connectivity index (χ0v) is 13.8. The number of aliphatic hydroxyl groups is 1. The van der Waals surface area contributed by atoms with Gasteiger partial charge in [-0.3, -0.25) is 4.90 Å². The molecule has 0 saturated carbocycles. The fourth-order valence-electron chi connectivity index (χ4n) is 2.68. The predicted molar refractivity (Wildman–Crippen MR) is 85.4 cm³/mol. The zero-order valence-electron chi connectivity index (χ0n) is 12.1.